The number of carbonyl (C=O) groups excluding carboxylic acids is 1. The first kappa shape index (κ1) is 15.1. The standard InChI is InChI=1S/C14H12F2N2O2S/c15-9-5-6-10(16)13(7-9)21(20)8-14(19)18-12-4-2-1-3-11(12)17/h1-7H,8,17H2,(H,18,19). The molecule has 0 heterocycles. The average Bonchev–Trinajstić information content (AvgIpc) is 2.44. The second kappa shape index (κ2) is 6.45. The number of hydrogen-bond acceptors (Lipinski definition) is 3. The van der Waals surface area contributed by atoms with E-state index in [2.05, 4.69) is 5.32 Å². The van der Waals surface area contributed by atoms with Crippen LogP contribution in [0.2, 0.25) is 0 Å². The SMILES string of the molecule is Nc1ccccc1NC(=O)CS(=O)c1cc(F)ccc1F. The lowest BCUT2D eigenvalue weighted by Gasteiger charge is -2.08. The minimum Gasteiger partial charge on any atom is -0.397 e. The Hall–Kier alpha value is -2.28. The zero-order valence-electron chi connectivity index (χ0n) is 10.8. The molecule has 1 atom stereocenters. The number of nitrogen functional groups attached to an aromatic ring is 1. The fourth-order valence-electron chi connectivity index (χ4n) is 1.65. The molecule has 0 radical (unpaired) electrons. The zero-order valence-corrected chi connectivity index (χ0v) is 11.6. The molecule has 0 saturated carbocycles. The minimum absolute atomic E-state index is 0.341. The monoisotopic (exact) mass is 310 g/mol. The summed E-state index contributed by atoms with van der Waals surface area (Å²) in [6.45, 7) is 0. The highest BCUT2D eigenvalue weighted by Gasteiger charge is 2.15. The van der Waals surface area contributed by atoms with Crippen molar-refractivity contribution in [1.82, 2.24) is 0 Å². The summed E-state index contributed by atoms with van der Waals surface area (Å²) in [5, 5.41) is 2.47. The summed E-state index contributed by atoms with van der Waals surface area (Å²) in [4.78, 5) is 11.4. The third-order valence-electron chi connectivity index (χ3n) is 2.64. The third-order valence-corrected chi connectivity index (χ3v) is 3.96. The lowest BCUT2D eigenvalue weighted by atomic mass is 10.3. The first-order chi connectivity index (χ1) is 9.97. The Balaban J connectivity index is 2.08. The Morgan fingerprint density at radius 3 is 2.62 bits per heavy atom. The van der Waals surface area contributed by atoms with E-state index < -0.39 is 34.1 Å². The molecule has 0 aromatic heterocycles. The predicted molar refractivity (Wildman–Crippen MR) is 77.1 cm³/mol. The summed E-state index contributed by atoms with van der Waals surface area (Å²) in [6.07, 6.45) is 0. The molecule has 4 nitrogen and oxygen atoms in total. The number of amides is 1. The fourth-order valence-corrected chi connectivity index (χ4v) is 2.64. The maximum absolute atomic E-state index is 13.5. The number of nitrogens with two attached hydrogens (primary N) is 1. The van der Waals surface area contributed by atoms with Crippen LogP contribution in [0, 0.1) is 11.6 Å². The summed E-state index contributed by atoms with van der Waals surface area (Å²) in [5.41, 5.74) is 6.38. The Kier molecular flexibility index (Phi) is 4.64. The van der Waals surface area contributed by atoms with Crippen LogP contribution in [0.1, 0.15) is 0 Å². The second-order valence-corrected chi connectivity index (χ2v) is 5.62. The predicted octanol–water partition coefficient (Wildman–Crippen LogP) is 2.29. The smallest absolute Gasteiger partial charge is 0.237 e. The normalized spacial score (nSPS) is 11.9. The number of hydrogen-bond donors (Lipinski definition) is 2. The number of benzene rings is 2. The summed E-state index contributed by atoms with van der Waals surface area (Å²) in [5.74, 6) is -2.63. The van der Waals surface area contributed by atoms with Gasteiger partial charge in [0.2, 0.25) is 5.91 Å². The summed E-state index contributed by atoms with van der Waals surface area (Å²) < 4.78 is 38.4. The molecule has 0 saturated heterocycles. The molecule has 0 bridgehead atoms. The zero-order chi connectivity index (χ0) is 15.4. The van der Waals surface area contributed by atoms with E-state index in [1.807, 2.05) is 0 Å². The molecule has 0 aliphatic heterocycles. The summed E-state index contributed by atoms with van der Waals surface area (Å²) in [6, 6.07) is 9.16. The van der Waals surface area contributed by atoms with Gasteiger partial charge < -0.3 is 11.1 Å². The van der Waals surface area contributed by atoms with Gasteiger partial charge >= 0.3 is 0 Å². The van der Waals surface area contributed by atoms with E-state index >= 15 is 0 Å². The van der Waals surface area contributed by atoms with Gasteiger partial charge in [-0.15, -0.1) is 0 Å². The molecule has 110 valence electrons. The largest absolute Gasteiger partial charge is 0.397 e. The van der Waals surface area contributed by atoms with E-state index in [4.69, 9.17) is 5.73 Å². The average molecular weight is 310 g/mol. The second-order valence-electron chi connectivity index (χ2n) is 4.20. The van der Waals surface area contributed by atoms with Gasteiger partial charge in [-0.1, -0.05) is 12.1 Å². The van der Waals surface area contributed by atoms with Crippen LogP contribution in [0.4, 0.5) is 20.2 Å². The molecule has 0 spiro atoms. The number of carbonyl (C=O) groups is 1. The number of nitrogens with one attached hydrogen (secondary N) is 1. The van der Waals surface area contributed by atoms with Crippen LogP contribution in [0.25, 0.3) is 0 Å². The van der Waals surface area contributed by atoms with Gasteiger partial charge in [-0.25, -0.2) is 8.78 Å². The van der Waals surface area contributed by atoms with Crippen molar-refractivity contribution < 1.29 is 17.8 Å². The molecular weight excluding hydrogens is 298 g/mol. The van der Waals surface area contributed by atoms with E-state index in [0.29, 0.717) is 11.4 Å². The van der Waals surface area contributed by atoms with E-state index in [1.54, 1.807) is 24.3 Å². The molecule has 0 fully saturated rings. The van der Waals surface area contributed by atoms with Gasteiger partial charge in [0.15, 0.2) is 0 Å². The van der Waals surface area contributed by atoms with Crippen molar-refractivity contribution in [2.24, 2.45) is 0 Å². The Morgan fingerprint density at radius 2 is 1.90 bits per heavy atom. The van der Waals surface area contributed by atoms with Crippen LogP contribution in [0.5, 0.6) is 0 Å². The van der Waals surface area contributed by atoms with E-state index in [1.165, 1.54) is 0 Å². The van der Waals surface area contributed by atoms with Crippen LogP contribution >= 0.6 is 0 Å². The molecule has 1 unspecified atom stereocenters. The van der Waals surface area contributed by atoms with Crippen molar-refractivity contribution in [2.45, 2.75) is 4.90 Å². The fraction of sp³-hybridized carbons (Fsp3) is 0.0714. The number of para-hydroxylation sites is 2. The van der Waals surface area contributed by atoms with Gasteiger partial charge in [-0.3, -0.25) is 9.00 Å². The molecule has 1 amide bonds. The minimum atomic E-state index is -1.98. The first-order valence-electron chi connectivity index (χ1n) is 5.95. The lowest BCUT2D eigenvalue weighted by molar-refractivity contribution is -0.113. The van der Waals surface area contributed by atoms with Crippen molar-refractivity contribution in [1.29, 1.82) is 0 Å². The van der Waals surface area contributed by atoms with Gasteiger partial charge in [-0.05, 0) is 30.3 Å². The van der Waals surface area contributed by atoms with Crippen molar-refractivity contribution in [3.05, 3.63) is 54.1 Å². The number of anilines is 2. The molecule has 3 N–H and O–H groups in total. The van der Waals surface area contributed by atoms with Gasteiger partial charge in [-0.2, -0.15) is 0 Å². The van der Waals surface area contributed by atoms with Crippen LogP contribution in [0.15, 0.2) is 47.4 Å². The Morgan fingerprint density at radius 1 is 1.19 bits per heavy atom. The Bertz CT molecular complexity index is 707. The number of rotatable bonds is 4. The van der Waals surface area contributed by atoms with Gasteiger partial charge in [0.05, 0.1) is 27.1 Å². The van der Waals surface area contributed by atoms with Crippen molar-refractivity contribution in [2.75, 3.05) is 16.8 Å². The molecule has 0 aliphatic carbocycles. The van der Waals surface area contributed by atoms with E-state index in [9.17, 15) is 17.8 Å². The highest BCUT2D eigenvalue weighted by atomic mass is 32.2. The number of halogens is 2. The summed E-state index contributed by atoms with van der Waals surface area (Å²) >= 11 is 0. The molecule has 7 heteroatoms. The molecule has 0 aliphatic rings. The lowest BCUT2D eigenvalue weighted by Crippen LogP contribution is -2.20. The molecule has 21 heavy (non-hydrogen) atoms. The molecular formula is C14H12F2N2O2S. The third kappa shape index (κ3) is 3.85. The van der Waals surface area contributed by atoms with E-state index in [0.717, 1.165) is 18.2 Å². The highest BCUT2D eigenvalue weighted by molar-refractivity contribution is 7.85. The quantitative estimate of drug-likeness (QED) is 0.851. The van der Waals surface area contributed by atoms with Crippen molar-refractivity contribution in [3.8, 4) is 0 Å². The van der Waals surface area contributed by atoms with Crippen LogP contribution in [0.3, 0.4) is 0 Å². The molecule has 2 aromatic rings. The maximum Gasteiger partial charge on any atom is 0.237 e. The topological polar surface area (TPSA) is 72.2 Å². The summed E-state index contributed by atoms with van der Waals surface area (Å²) in [7, 11) is -1.98. The van der Waals surface area contributed by atoms with Crippen LogP contribution < -0.4 is 11.1 Å². The van der Waals surface area contributed by atoms with Crippen LogP contribution in [-0.2, 0) is 15.6 Å². The van der Waals surface area contributed by atoms with Crippen molar-refractivity contribution in [3.63, 3.8) is 0 Å². The Labute approximate surface area is 122 Å². The highest BCUT2D eigenvalue weighted by Crippen LogP contribution is 2.18. The van der Waals surface area contributed by atoms with Gasteiger partial charge in [0, 0.05) is 0 Å². The van der Waals surface area contributed by atoms with Crippen molar-refractivity contribution >= 4 is 28.1 Å². The van der Waals surface area contributed by atoms with Gasteiger partial charge in [0.25, 0.3) is 0 Å². The maximum atomic E-state index is 13.5. The molecule has 2 aromatic carbocycles. The van der Waals surface area contributed by atoms with Gasteiger partial charge in [0.1, 0.15) is 17.4 Å². The molecule has 2 rings (SSSR count). The van der Waals surface area contributed by atoms with Crippen LogP contribution in [-0.4, -0.2) is 15.9 Å². The van der Waals surface area contributed by atoms with E-state index in [-0.39, 0.29) is 4.90 Å². The first-order valence-corrected chi connectivity index (χ1v) is 7.27.